The van der Waals surface area contributed by atoms with E-state index in [4.69, 9.17) is 15.5 Å². The Kier molecular flexibility index (Phi) is 5.38. The summed E-state index contributed by atoms with van der Waals surface area (Å²) in [6, 6.07) is 6.31. The number of hydrogen-bond acceptors (Lipinski definition) is 7. The SMILES string of the molecule is CNc1nc(NCc2c(C)cccc2C)nc2c1ncn2[C@@H]1O[C@H](C)C[C@@H]1CN. The Hall–Kier alpha value is -2.71. The molecule has 0 radical (unpaired) electrons. The van der Waals surface area contributed by atoms with Gasteiger partial charge in [0.1, 0.15) is 6.23 Å². The first kappa shape index (κ1) is 19.6. The van der Waals surface area contributed by atoms with Gasteiger partial charge in [0.25, 0.3) is 0 Å². The van der Waals surface area contributed by atoms with Crippen molar-refractivity contribution >= 4 is 22.9 Å². The first-order valence-electron chi connectivity index (χ1n) is 10.1. The van der Waals surface area contributed by atoms with Gasteiger partial charge in [-0.3, -0.25) is 4.57 Å². The summed E-state index contributed by atoms with van der Waals surface area (Å²) in [5, 5.41) is 6.52. The van der Waals surface area contributed by atoms with Gasteiger partial charge in [0.15, 0.2) is 17.0 Å². The van der Waals surface area contributed by atoms with Crippen LogP contribution in [0.1, 0.15) is 36.3 Å². The highest BCUT2D eigenvalue weighted by Gasteiger charge is 2.34. The van der Waals surface area contributed by atoms with E-state index in [0.717, 1.165) is 17.6 Å². The molecule has 3 atom stereocenters. The van der Waals surface area contributed by atoms with Gasteiger partial charge in [-0.1, -0.05) is 18.2 Å². The Labute approximate surface area is 170 Å². The zero-order valence-electron chi connectivity index (χ0n) is 17.4. The predicted octanol–water partition coefficient (Wildman–Crippen LogP) is 2.98. The van der Waals surface area contributed by atoms with Gasteiger partial charge in [-0.05, 0) is 50.4 Å². The zero-order valence-corrected chi connectivity index (χ0v) is 17.4. The molecule has 0 bridgehead atoms. The van der Waals surface area contributed by atoms with Crippen LogP contribution in [0.3, 0.4) is 0 Å². The molecule has 1 aliphatic heterocycles. The normalized spacial score (nSPS) is 21.6. The Morgan fingerprint density at radius 1 is 1.24 bits per heavy atom. The molecule has 8 nitrogen and oxygen atoms in total. The molecule has 8 heteroatoms. The van der Waals surface area contributed by atoms with E-state index in [9.17, 15) is 0 Å². The van der Waals surface area contributed by atoms with Crippen LogP contribution in [0, 0.1) is 19.8 Å². The molecule has 0 unspecified atom stereocenters. The van der Waals surface area contributed by atoms with Crippen LogP contribution in [-0.2, 0) is 11.3 Å². The molecule has 3 heterocycles. The first-order chi connectivity index (χ1) is 14.0. The van der Waals surface area contributed by atoms with Crippen LogP contribution in [0.4, 0.5) is 11.8 Å². The minimum Gasteiger partial charge on any atom is -0.371 e. The van der Waals surface area contributed by atoms with Gasteiger partial charge >= 0.3 is 0 Å². The number of fused-ring (bicyclic) bond motifs is 1. The number of nitrogens with two attached hydrogens (primary N) is 1. The number of benzene rings is 1. The minimum atomic E-state index is -0.161. The quantitative estimate of drug-likeness (QED) is 0.589. The standard InChI is InChI=1S/C21H29N7O/c1-12-6-5-7-13(2)16(12)10-24-21-26-18(23-4)17-19(27-21)28(11-25-17)20-15(9-22)8-14(3)29-20/h5-7,11,14-15,20H,8-10,22H2,1-4H3,(H2,23,24,26,27)/t14-,15-,20-/m1/s1. The number of hydrogen-bond donors (Lipinski definition) is 3. The number of nitrogens with one attached hydrogen (secondary N) is 2. The summed E-state index contributed by atoms with van der Waals surface area (Å²) in [7, 11) is 1.84. The smallest absolute Gasteiger partial charge is 0.227 e. The van der Waals surface area contributed by atoms with Crippen molar-refractivity contribution in [2.45, 2.75) is 46.1 Å². The highest BCUT2D eigenvalue weighted by atomic mass is 16.5. The lowest BCUT2D eigenvalue weighted by Gasteiger charge is -2.19. The lowest BCUT2D eigenvalue weighted by Crippen LogP contribution is -2.22. The maximum Gasteiger partial charge on any atom is 0.227 e. The molecule has 1 aliphatic rings. The van der Waals surface area contributed by atoms with Crippen molar-refractivity contribution in [2.75, 3.05) is 24.2 Å². The molecule has 0 aliphatic carbocycles. The Bertz CT molecular complexity index is 995. The average molecular weight is 396 g/mol. The van der Waals surface area contributed by atoms with Crippen LogP contribution in [0.2, 0.25) is 0 Å². The number of ether oxygens (including phenoxy) is 1. The van der Waals surface area contributed by atoms with Gasteiger partial charge in [-0.15, -0.1) is 0 Å². The molecule has 0 saturated carbocycles. The number of rotatable bonds is 6. The van der Waals surface area contributed by atoms with Crippen molar-refractivity contribution in [1.82, 2.24) is 19.5 Å². The second-order valence-electron chi connectivity index (χ2n) is 7.76. The van der Waals surface area contributed by atoms with Gasteiger partial charge in [-0.2, -0.15) is 9.97 Å². The molecule has 2 aromatic heterocycles. The summed E-state index contributed by atoms with van der Waals surface area (Å²) < 4.78 is 8.12. The van der Waals surface area contributed by atoms with Crippen LogP contribution < -0.4 is 16.4 Å². The molecule has 0 amide bonds. The van der Waals surface area contributed by atoms with E-state index in [-0.39, 0.29) is 18.2 Å². The summed E-state index contributed by atoms with van der Waals surface area (Å²) >= 11 is 0. The Morgan fingerprint density at radius 3 is 2.69 bits per heavy atom. The molecule has 154 valence electrons. The minimum absolute atomic E-state index is 0.161. The third-order valence-corrected chi connectivity index (χ3v) is 5.71. The first-order valence-corrected chi connectivity index (χ1v) is 10.1. The molecule has 4 rings (SSSR count). The van der Waals surface area contributed by atoms with Gasteiger partial charge in [0, 0.05) is 19.5 Å². The highest BCUT2D eigenvalue weighted by Crippen LogP contribution is 2.36. The van der Waals surface area contributed by atoms with E-state index in [1.807, 2.05) is 11.6 Å². The molecule has 1 aromatic carbocycles. The number of imidazole rings is 1. The molecule has 1 fully saturated rings. The molecular weight excluding hydrogens is 366 g/mol. The van der Waals surface area contributed by atoms with E-state index in [2.05, 4.69) is 59.6 Å². The molecule has 1 saturated heterocycles. The van der Waals surface area contributed by atoms with Crippen molar-refractivity contribution < 1.29 is 4.74 Å². The summed E-state index contributed by atoms with van der Waals surface area (Å²) in [6.07, 6.45) is 2.72. The summed E-state index contributed by atoms with van der Waals surface area (Å²) in [5.74, 6) is 1.48. The molecule has 29 heavy (non-hydrogen) atoms. The van der Waals surface area contributed by atoms with Gasteiger partial charge < -0.3 is 21.1 Å². The monoisotopic (exact) mass is 395 g/mol. The number of nitrogens with zero attached hydrogens (tertiary/aromatic N) is 4. The largest absolute Gasteiger partial charge is 0.371 e. The zero-order chi connectivity index (χ0) is 20.5. The number of aromatic nitrogens is 4. The summed E-state index contributed by atoms with van der Waals surface area (Å²) in [6.45, 7) is 7.54. The van der Waals surface area contributed by atoms with Crippen molar-refractivity contribution in [2.24, 2.45) is 11.7 Å². The van der Waals surface area contributed by atoms with Crippen LogP contribution >= 0.6 is 0 Å². The van der Waals surface area contributed by atoms with Gasteiger partial charge in [0.05, 0.1) is 12.4 Å². The van der Waals surface area contributed by atoms with Crippen molar-refractivity contribution in [1.29, 1.82) is 0 Å². The summed E-state index contributed by atoms with van der Waals surface area (Å²) in [4.78, 5) is 13.9. The maximum absolute atomic E-state index is 6.13. The topological polar surface area (TPSA) is 103 Å². The maximum atomic E-state index is 6.13. The van der Waals surface area contributed by atoms with E-state index in [1.165, 1.54) is 16.7 Å². The molecule has 3 aromatic rings. The Balaban J connectivity index is 1.69. The van der Waals surface area contributed by atoms with Crippen LogP contribution in [0.5, 0.6) is 0 Å². The number of aryl methyl sites for hydroxylation is 2. The fourth-order valence-corrected chi connectivity index (χ4v) is 4.10. The van der Waals surface area contributed by atoms with E-state index in [1.54, 1.807) is 6.33 Å². The van der Waals surface area contributed by atoms with Crippen molar-refractivity contribution in [3.8, 4) is 0 Å². The highest BCUT2D eigenvalue weighted by molar-refractivity contribution is 5.84. The van der Waals surface area contributed by atoms with E-state index < -0.39 is 0 Å². The third kappa shape index (κ3) is 3.65. The number of anilines is 2. The average Bonchev–Trinajstić information content (AvgIpc) is 3.29. The fraction of sp³-hybridized carbons (Fsp3) is 0.476. The van der Waals surface area contributed by atoms with E-state index in [0.29, 0.717) is 24.9 Å². The van der Waals surface area contributed by atoms with Crippen LogP contribution in [0.15, 0.2) is 24.5 Å². The third-order valence-electron chi connectivity index (χ3n) is 5.71. The molecular formula is C21H29N7O. The van der Waals surface area contributed by atoms with Crippen LogP contribution in [0.25, 0.3) is 11.2 Å². The predicted molar refractivity (Wildman–Crippen MR) is 115 cm³/mol. The Morgan fingerprint density at radius 2 is 2.00 bits per heavy atom. The lowest BCUT2D eigenvalue weighted by molar-refractivity contribution is -0.00138. The second-order valence-corrected chi connectivity index (χ2v) is 7.76. The molecule has 4 N–H and O–H groups in total. The van der Waals surface area contributed by atoms with Crippen molar-refractivity contribution in [3.63, 3.8) is 0 Å². The summed E-state index contributed by atoms with van der Waals surface area (Å²) in [5.41, 5.74) is 11.2. The van der Waals surface area contributed by atoms with Crippen molar-refractivity contribution in [3.05, 3.63) is 41.2 Å². The fourth-order valence-electron chi connectivity index (χ4n) is 4.10. The van der Waals surface area contributed by atoms with E-state index >= 15 is 0 Å². The lowest BCUT2D eigenvalue weighted by atomic mass is 10.0. The van der Waals surface area contributed by atoms with Crippen LogP contribution in [-0.4, -0.2) is 39.2 Å². The second kappa shape index (κ2) is 7.96. The van der Waals surface area contributed by atoms with Gasteiger partial charge in [0.2, 0.25) is 5.95 Å². The molecule has 0 spiro atoms. The van der Waals surface area contributed by atoms with Gasteiger partial charge in [-0.25, -0.2) is 4.98 Å².